The minimum Gasteiger partial charge on any atom is -0.364 e. The number of hydrogen-bond donors (Lipinski definition) is 1. The molecule has 8 nitrogen and oxygen atoms in total. The van der Waals surface area contributed by atoms with E-state index in [1.807, 2.05) is 0 Å². The Hall–Kier alpha value is -3.96. The maximum Gasteiger partial charge on any atom is 0.266 e. The summed E-state index contributed by atoms with van der Waals surface area (Å²) in [6.45, 7) is 3.00. The topological polar surface area (TPSA) is 103 Å². The van der Waals surface area contributed by atoms with Crippen molar-refractivity contribution in [3.8, 4) is 10.6 Å². The van der Waals surface area contributed by atoms with Gasteiger partial charge in [-0.2, -0.15) is 0 Å². The predicted molar refractivity (Wildman–Crippen MR) is 134 cm³/mol. The van der Waals surface area contributed by atoms with Gasteiger partial charge in [0.1, 0.15) is 28.3 Å². The molecule has 3 aromatic heterocycles. The van der Waals surface area contributed by atoms with Crippen LogP contribution in [0.3, 0.4) is 0 Å². The van der Waals surface area contributed by atoms with E-state index >= 15 is 0 Å². The highest BCUT2D eigenvalue weighted by Gasteiger charge is 2.40. The number of halogens is 4. The van der Waals surface area contributed by atoms with Gasteiger partial charge in [-0.3, -0.25) is 0 Å². The van der Waals surface area contributed by atoms with E-state index in [1.54, 1.807) is 32.0 Å². The summed E-state index contributed by atoms with van der Waals surface area (Å²) in [5.74, 6) is -3.53. The van der Waals surface area contributed by atoms with Crippen LogP contribution in [0.2, 0.25) is 0 Å². The smallest absolute Gasteiger partial charge is 0.266 e. The van der Waals surface area contributed by atoms with E-state index in [4.69, 9.17) is 5.53 Å². The minimum absolute atomic E-state index is 0.147. The van der Waals surface area contributed by atoms with Gasteiger partial charge >= 0.3 is 0 Å². The number of alkyl halides is 2. The Kier molecular flexibility index (Phi) is 6.12. The SMILES string of the molecule is CC(C)(N=[N+]=[N-])c1nc(Nc2cc3nc(-c4c(F)cccc4F)sc3cn2)ccc1N1CCC(F)(F)C1. The molecule has 0 saturated carbocycles. The molecule has 1 aromatic carbocycles. The van der Waals surface area contributed by atoms with Gasteiger partial charge in [-0.25, -0.2) is 32.5 Å². The number of pyridine rings is 2. The third-order valence-corrected chi connectivity index (χ3v) is 6.99. The van der Waals surface area contributed by atoms with Crippen molar-refractivity contribution >= 4 is 38.9 Å². The van der Waals surface area contributed by atoms with Gasteiger partial charge < -0.3 is 10.2 Å². The van der Waals surface area contributed by atoms with Crippen molar-refractivity contribution in [2.75, 3.05) is 23.3 Å². The molecule has 0 amide bonds. The van der Waals surface area contributed by atoms with Gasteiger partial charge in [0.15, 0.2) is 0 Å². The lowest BCUT2D eigenvalue weighted by Crippen LogP contribution is -2.28. The molecule has 0 spiro atoms. The van der Waals surface area contributed by atoms with Gasteiger partial charge in [0.25, 0.3) is 5.92 Å². The summed E-state index contributed by atoms with van der Waals surface area (Å²) in [7, 11) is 0. The Morgan fingerprint density at radius 3 is 2.57 bits per heavy atom. The number of anilines is 3. The zero-order valence-electron chi connectivity index (χ0n) is 19.7. The fourth-order valence-electron chi connectivity index (χ4n) is 4.17. The molecule has 0 atom stereocenters. The van der Waals surface area contributed by atoms with Gasteiger partial charge in [-0.15, -0.1) is 11.3 Å². The maximum absolute atomic E-state index is 14.2. The van der Waals surface area contributed by atoms with E-state index in [-0.39, 0.29) is 23.5 Å². The standard InChI is InChI=1S/C24H20F4N8S/c1-23(2,34-35-29)21-16(36-9-8-24(27,28)12-36)6-7-18(33-21)32-19-10-15-17(11-30-19)37-22(31-15)20-13(25)4-3-5-14(20)26/h3-7,10-11H,8-9,12H2,1-2H3,(H,30,32,33). The van der Waals surface area contributed by atoms with Crippen LogP contribution < -0.4 is 10.2 Å². The number of benzene rings is 1. The van der Waals surface area contributed by atoms with E-state index in [9.17, 15) is 17.6 Å². The molecule has 37 heavy (non-hydrogen) atoms. The summed E-state index contributed by atoms with van der Waals surface area (Å²) < 4.78 is 56.9. The summed E-state index contributed by atoms with van der Waals surface area (Å²) in [5, 5.41) is 7.06. The molecule has 190 valence electrons. The summed E-state index contributed by atoms with van der Waals surface area (Å²) in [5.41, 5.74) is 8.99. The number of nitrogens with one attached hydrogen (secondary N) is 1. The molecule has 1 saturated heterocycles. The molecule has 0 bridgehead atoms. The van der Waals surface area contributed by atoms with Crippen molar-refractivity contribution in [2.24, 2.45) is 5.11 Å². The molecule has 13 heteroatoms. The maximum atomic E-state index is 14.2. The van der Waals surface area contributed by atoms with Gasteiger partial charge in [-0.05, 0) is 43.6 Å². The number of rotatable bonds is 6. The van der Waals surface area contributed by atoms with Crippen molar-refractivity contribution in [3.63, 3.8) is 0 Å². The first-order valence-electron chi connectivity index (χ1n) is 11.2. The Labute approximate surface area is 212 Å². The third-order valence-electron chi connectivity index (χ3n) is 5.97. The molecule has 0 radical (unpaired) electrons. The molecule has 1 aliphatic heterocycles. The minimum atomic E-state index is -2.81. The molecule has 4 aromatic rings. The second-order valence-electron chi connectivity index (χ2n) is 9.12. The Bertz CT molecular complexity index is 1530. The average molecular weight is 529 g/mol. The van der Waals surface area contributed by atoms with E-state index in [1.165, 1.54) is 29.3 Å². The largest absolute Gasteiger partial charge is 0.364 e. The lowest BCUT2D eigenvalue weighted by molar-refractivity contribution is 0.0257. The third kappa shape index (κ3) is 4.87. The predicted octanol–water partition coefficient (Wildman–Crippen LogP) is 7.17. The van der Waals surface area contributed by atoms with Crippen LogP contribution in [0.1, 0.15) is 26.0 Å². The lowest BCUT2D eigenvalue weighted by atomic mass is 9.99. The molecule has 5 rings (SSSR count). The Morgan fingerprint density at radius 1 is 1.14 bits per heavy atom. The van der Waals surface area contributed by atoms with E-state index in [0.717, 1.165) is 11.3 Å². The zero-order chi connectivity index (χ0) is 26.4. The van der Waals surface area contributed by atoms with Crippen molar-refractivity contribution in [1.82, 2.24) is 15.0 Å². The van der Waals surface area contributed by atoms with Gasteiger partial charge in [0, 0.05) is 30.1 Å². The van der Waals surface area contributed by atoms with Crippen LogP contribution in [0.5, 0.6) is 0 Å². The molecule has 1 N–H and O–H groups in total. The lowest BCUT2D eigenvalue weighted by Gasteiger charge is -2.27. The highest BCUT2D eigenvalue weighted by molar-refractivity contribution is 7.21. The molecular weight excluding hydrogens is 508 g/mol. The number of aromatic nitrogens is 3. The molecule has 4 heterocycles. The number of thiazole rings is 1. The second-order valence-corrected chi connectivity index (χ2v) is 10.1. The van der Waals surface area contributed by atoms with Crippen LogP contribution in [0, 0.1) is 11.6 Å². The number of fused-ring (bicyclic) bond motifs is 1. The van der Waals surface area contributed by atoms with Crippen LogP contribution in [0.15, 0.2) is 47.7 Å². The number of nitrogens with zero attached hydrogens (tertiary/aromatic N) is 7. The first-order chi connectivity index (χ1) is 17.6. The fraction of sp³-hybridized carbons (Fsp3) is 0.292. The van der Waals surface area contributed by atoms with Crippen molar-refractivity contribution in [3.05, 3.63) is 70.4 Å². The quantitative estimate of drug-likeness (QED) is 0.124. The van der Waals surface area contributed by atoms with Crippen LogP contribution in [0.4, 0.5) is 34.9 Å². The van der Waals surface area contributed by atoms with Gasteiger partial charge in [0.2, 0.25) is 0 Å². The molecule has 1 aliphatic rings. The average Bonchev–Trinajstić information content (AvgIpc) is 3.41. The van der Waals surface area contributed by atoms with Crippen LogP contribution >= 0.6 is 11.3 Å². The van der Waals surface area contributed by atoms with E-state index < -0.39 is 29.6 Å². The summed E-state index contributed by atoms with van der Waals surface area (Å²) in [6.07, 6.45) is 1.26. The molecule has 0 aliphatic carbocycles. The van der Waals surface area contributed by atoms with E-state index in [2.05, 4.69) is 30.3 Å². The van der Waals surface area contributed by atoms with Gasteiger partial charge in [-0.1, -0.05) is 11.2 Å². The normalized spacial score (nSPS) is 15.1. The highest BCUT2D eigenvalue weighted by Crippen LogP contribution is 2.39. The van der Waals surface area contributed by atoms with Crippen LogP contribution in [-0.2, 0) is 5.54 Å². The summed E-state index contributed by atoms with van der Waals surface area (Å²) >= 11 is 1.11. The fourth-order valence-corrected chi connectivity index (χ4v) is 5.13. The van der Waals surface area contributed by atoms with E-state index in [0.29, 0.717) is 33.2 Å². The highest BCUT2D eigenvalue weighted by atomic mass is 32.1. The first kappa shape index (κ1) is 24.7. The monoisotopic (exact) mass is 528 g/mol. The van der Waals surface area contributed by atoms with Crippen LogP contribution in [0.25, 0.3) is 31.2 Å². The Morgan fingerprint density at radius 2 is 1.89 bits per heavy atom. The molecular formula is C24H20F4N8S. The van der Waals surface area contributed by atoms with Crippen LogP contribution in [-0.4, -0.2) is 34.0 Å². The van der Waals surface area contributed by atoms with Crippen molar-refractivity contribution in [1.29, 1.82) is 0 Å². The van der Waals surface area contributed by atoms with Gasteiger partial charge in [0.05, 0.1) is 39.2 Å². The summed E-state index contributed by atoms with van der Waals surface area (Å²) in [4.78, 5) is 17.7. The van der Waals surface area contributed by atoms with Crippen molar-refractivity contribution in [2.45, 2.75) is 31.7 Å². The number of azide groups is 1. The molecule has 0 unspecified atom stereocenters. The van der Waals surface area contributed by atoms with Crippen molar-refractivity contribution < 1.29 is 17.6 Å². The zero-order valence-corrected chi connectivity index (χ0v) is 20.5. The second kappa shape index (κ2) is 9.16. The first-order valence-corrected chi connectivity index (χ1v) is 12.1. The Balaban J connectivity index is 1.49. The summed E-state index contributed by atoms with van der Waals surface area (Å²) in [6, 6.07) is 8.52. The molecule has 1 fully saturated rings. The number of hydrogen-bond acceptors (Lipinski definition) is 7.